The molecule has 6 heteroatoms. The molecule has 0 saturated carbocycles. The molecule has 1 aliphatic rings. The molecule has 1 saturated heterocycles. The fraction of sp³-hybridized carbons (Fsp3) is 0.381. The highest BCUT2D eigenvalue weighted by Gasteiger charge is 2.21. The fourth-order valence-corrected chi connectivity index (χ4v) is 4.04. The van der Waals surface area contributed by atoms with E-state index in [1.807, 2.05) is 11.0 Å². The van der Waals surface area contributed by atoms with Gasteiger partial charge in [-0.2, -0.15) is 0 Å². The van der Waals surface area contributed by atoms with Crippen molar-refractivity contribution < 1.29 is 13.2 Å². The van der Waals surface area contributed by atoms with Crippen LogP contribution in [0.1, 0.15) is 22.3 Å². The molecule has 5 nitrogen and oxygen atoms in total. The zero-order valence-corrected chi connectivity index (χ0v) is 16.5. The lowest BCUT2D eigenvalue weighted by molar-refractivity contribution is 0.0761. The molecule has 0 bridgehead atoms. The fourth-order valence-electron chi connectivity index (χ4n) is 3.37. The molecule has 0 aromatic heterocycles. The van der Waals surface area contributed by atoms with Crippen LogP contribution in [0.2, 0.25) is 0 Å². The van der Waals surface area contributed by atoms with E-state index < -0.39 is 9.84 Å². The number of nitrogens with zero attached hydrogens (tertiary/aromatic N) is 2. The number of hydrogen-bond donors (Lipinski definition) is 0. The van der Waals surface area contributed by atoms with Crippen LogP contribution >= 0.6 is 0 Å². The van der Waals surface area contributed by atoms with Crippen LogP contribution in [0.3, 0.4) is 0 Å². The highest BCUT2D eigenvalue weighted by Crippen LogP contribution is 2.15. The van der Waals surface area contributed by atoms with Crippen molar-refractivity contribution in [3.8, 4) is 0 Å². The molecule has 1 fully saturated rings. The second kappa shape index (κ2) is 8.67. The lowest BCUT2D eigenvalue weighted by atomic mass is 10.1. The molecule has 0 radical (unpaired) electrons. The zero-order valence-electron chi connectivity index (χ0n) is 15.7. The summed E-state index contributed by atoms with van der Waals surface area (Å²) in [6, 6.07) is 16.8. The maximum absolute atomic E-state index is 12.8. The van der Waals surface area contributed by atoms with Crippen LogP contribution in [0, 0.1) is 0 Å². The summed E-state index contributed by atoms with van der Waals surface area (Å²) in [6.45, 7) is 4.15. The van der Waals surface area contributed by atoms with Gasteiger partial charge in [0.05, 0.1) is 4.90 Å². The molecule has 144 valence electrons. The third kappa shape index (κ3) is 5.40. The van der Waals surface area contributed by atoms with Gasteiger partial charge in [0.15, 0.2) is 9.84 Å². The first-order valence-corrected chi connectivity index (χ1v) is 11.2. The molecule has 1 aliphatic heterocycles. The Kier molecular flexibility index (Phi) is 6.29. The van der Waals surface area contributed by atoms with Crippen LogP contribution in [-0.2, 0) is 16.3 Å². The average Bonchev–Trinajstić information content (AvgIpc) is 2.92. The highest BCUT2D eigenvalue weighted by molar-refractivity contribution is 7.90. The molecule has 0 spiro atoms. The minimum atomic E-state index is -3.32. The van der Waals surface area contributed by atoms with Gasteiger partial charge in [0, 0.05) is 38.0 Å². The molecule has 3 rings (SSSR count). The summed E-state index contributed by atoms with van der Waals surface area (Å²) >= 11 is 0. The summed E-state index contributed by atoms with van der Waals surface area (Å²) < 4.78 is 23.5. The van der Waals surface area contributed by atoms with Crippen LogP contribution in [0.25, 0.3) is 0 Å². The molecular weight excluding hydrogens is 360 g/mol. The van der Waals surface area contributed by atoms with Crippen molar-refractivity contribution >= 4 is 15.7 Å². The molecule has 0 unspecified atom stereocenters. The SMILES string of the molecule is CS(=O)(=O)c1cccc(C(=O)N2CCCN(CCc3ccccc3)CC2)c1. The van der Waals surface area contributed by atoms with E-state index in [0.717, 1.165) is 38.7 Å². The second-order valence-electron chi connectivity index (χ2n) is 7.02. The Labute approximate surface area is 161 Å². The van der Waals surface area contributed by atoms with Crippen LogP contribution in [0.15, 0.2) is 59.5 Å². The van der Waals surface area contributed by atoms with E-state index in [4.69, 9.17) is 0 Å². The van der Waals surface area contributed by atoms with Crippen molar-refractivity contribution in [1.82, 2.24) is 9.80 Å². The van der Waals surface area contributed by atoms with E-state index in [0.29, 0.717) is 18.7 Å². The van der Waals surface area contributed by atoms with Crippen molar-refractivity contribution in [2.75, 3.05) is 39.0 Å². The van der Waals surface area contributed by atoms with Gasteiger partial charge in [0.25, 0.3) is 5.91 Å². The summed E-state index contributed by atoms with van der Waals surface area (Å²) in [5.41, 5.74) is 1.77. The van der Waals surface area contributed by atoms with Crippen molar-refractivity contribution in [2.45, 2.75) is 17.7 Å². The lowest BCUT2D eigenvalue weighted by Crippen LogP contribution is -2.35. The predicted octanol–water partition coefficient (Wildman–Crippen LogP) is 2.48. The molecule has 1 amide bonds. The van der Waals surface area contributed by atoms with Crippen LogP contribution in [-0.4, -0.2) is 63.1 Å². The Hall–Kier alpha value is -2.18. The van der Waals surface area contributed by atoms with Crippen LogP contribution < -0.4 is 0 Å². The molecule has 1 heterocycles. The van der Waals surface area contributed by atoms with Crippen molar-refractivity contribution in [3.63, 3.8) is 0 Å². The van der Waals surface area contributed by atoms with Crippen molar-refractivity contribution in [1.29, 1.82) is 0 Å². The monoisotopic (exact) mass is 386 g/mol. The topological polar surface area (TPSA) is 57.7 Å². The Balaban J connectivity index is 1.60. The van der Waals surface area contributed by atoms with Gasteiger partial charge in [-0.25, -0.2) is 8.42 Å². The molecule has 0 atom stereocenters. The number of hydrogen-bond acceptors (Lipinski definition) is 4. The van der Waals surface area contributed by atoms with Gasteiger partial charge in [-0.15, -0.1) is 0 Å². The molecular formula is C21H26N2O3S. The highest BCUT2D eigenvalue weighted by atomic mass is 32.2. The first-order chi connectivity index (χ1) is 12.9. The largest absolute Gasteiger partial charge is 0.337 e. The van der Waals surface area contributed by atoms with E-state index >= 15 is 0 Å². The number of amides is 1. The van der Waals surface area contributed by atoms with Crippen molar-refractivity contribution in [3.05, 3.63) is 65.7 Å². The Morgan fingerprint density at radius 1 is 0.963 bits per heavy atom. The quantitative estimate of drug-likeness (QED) is 0.792. The molecule has 2 aromatic carbocycles. The minimum absolute atomic E-state index is 0.0922. The number of sulfone groups is 1. The average molecular weight is 387 g/mol. The van der Waals surface area contributed by atoms with E-state index in [1.165, 1.54) is 17.7 Å². The maximum Gasteiger partial charge on any atom is 0.253 e. The second-order valence-corrected chi connectivity index (χ2v) is 9.04. The third-order valence-electron chi connectivity index (χ3n) is 4.94. The van der Waals surface area contributed by atoms with Gasteiger partial charge in [0.2, 0.25) is 0 Å². The summed E-state index contributed by atoms with van der Waals surface area (Å²) in [4.78, 5) is 17.3. The van der Waals surface area contributed by atoms with Gasteiger partial charge in [0.1, 0.15) is 0 Å². The van der Waals surface area contributed by atoms with Crippen LogP contribution in [0.4, 0.5) is 0 Å². The predicted molar refractivity (Wildman–Crippen MR) is 107 cm³/mol. The summed E-state index contributed by atoms with van der Waals surface area (Å²) in [5.74, 6) is -0.0922. The Morgan fingerprint density at radius 2 is 1.74 bits per heavy atom. The lowest BCUT2D eigenvalue weighted by Gasteiger charge is -2.22. The molecule has 0 aliphatic carbocycles. The van der Waals surface area contributed by atoms with Crippen molar-refractivity contribution in [2.24, 2.45) is 0 Å². The summed E-state index contributed by atoms with van der Waals surface area (Å²) in [7, 11) is -3.32. The van der Waals surface area contributed by atoms with Gasteiger partial charge in [-0.1, -0.05) is 36.4 Å². The van der Waals surface area contributed by atoms with Crippen LogP contribution in [0.5, 0.6) is 0 Å². The number of benzene rings is 2. The van der Waals surface area contributed by atoms with E-state index in [2.05, 4.69) is 29.2 Å². The van der Waals surface area contributed by atoms with E-state index in [-0.39, 0.29) is 10.8 Å². The number of carbonyl (C=O) groups excluding carboxylic acids is 1. The summed E-state index contributed by atoms with van der Waals surface area (Å²) in [6.07, 6.45) is 3.09. The van der Waals surface area contributed by atoms with E-state index in [1.54, 1.807) is 12.1 Å². The Bertz CT molecular complexity index is 881. The molecule has 0 N–H and O–H groups in total. The van der Waals surface area contributed by atoms with Gasteiger partial charge in [-0.3, -0.25) is 4.79 Å². The maximum atomic E-state index is 12.8. The number of carbonyl (C=O) groups is 1. The molecule has 2 aromatic rings. The number of rotatable bonds is 5. The first-order valence-electron chi connectivity index (χ1n) is 9.29. The van der Waals surface area contributed by atoms with Gasteiger partial charge in [-0.05, 0) is 43.1 Å². The third-order valence-corrected chi connectivity index (χ3v) is 6.05. The molecule has 27 heavy (non-hydrogen) atoms. The Morgan fingerprint density at radius 3 is 2.48 bits per heavy atom. The minimum Gasteiger partial charge on any atom is -0.337 e. The van der Waals surface area contributed by atoms with Gasteiger partial charge >= 0.3 is 0 Å². The smallest absolute Gasteiger partial charge is 0.253 e. The zero-order chi connectivity index (χ0) is 19.3. The normalized spacial score (nSPS) is 16.1. The first kappa shape index (κ1) is 19.6. The van der Waals surface area contributed by atoms with E-state index in [9.17, 15) is 13.2 Å². The standard InChI is InChI=1S/C21H26N2O3S/c1-27(25,26)20-10-5-9-19(17-20)21(24)23-13-6-12-22(15-16-23)14-11-18-7-3-2-4-8-18/h2-5,7-10,17H,6,11-16H2,1H3. The van der Waals surface area contributed by atoms with Gasteiger partial charge < -0.3 is 9.80 Å². The summed E-state index contributed by atoms with van der Waals surface area (Å²) in [5, 5.41) is 0.